The zero-order valence-electron chi connectivity index (χ0n) is 20.9. The number of aliphatic hydroxyl groups is 1. The highest BCUT2D eigenvalue weighted by molar-refractivity contribution is 6.32. The Morgan fingerprint density at radius 2 is 1.84 bits per heavy atom. The van der Waals surface area contributed by atoms with Crippen LogP contribution in [-0.2, 0) is 22.5 Å². The Bertz CT molecular complexity index is 1360. The molecule has 0 spiro atoms. The largest absolute Gasteiger partial charge is 0.482 e. The first-order valence-corrected chi connectivity index (χ1v) is 12.4. The van der Waals surface area contributed by atoms with Gasteiger partial charge in [-0.3, -0.25) is 9.78 Å². The fraction of sp³-hybridized carbons (Fsp3) is 0.267. The fourth-order valence-electron chi connectivity index (χ4n) is 4.90. The summed E-state index contributed by atoms with van der Waals surface area (Å²) in [4.78, 5) is 16.8. The van der Waals surface area contributed by atoms with Gasteiger partial charge in [0.05, 0.1) is 5.57 Å². The first kappa shape index (κ1) is 24.9. The van der Waals surface area contributed by atoms with Gasteiger partial charge in [0.1, 0.15) is 17.2 Å². The van der Waals surface area contributed by atoms with Gasteiger partial charge in [0.25, 0.3) is 5.91 Å². The van der Waals surface area contributed by atoms with Crippen LogP contribution in [0.5, 0.6) is 0 Å². The van der Waals surface area contributed by atoms with Crippen molar-refractivity contribution in [1.82, 2.24) is 10.3 Å². The number of hydrogen-bond donors (Lipinski definition) is 3. The summed E-state index contributed by atoms with van der Waals surface area (Å²) >= 11 is 0. The number of anilines is 1. The summed E-state index contributed by atoms with van der Waals surface area (Å²) in [5, 5.41) is 15.8. The lowest BCUT2D eigenvalue weighted by atomic mass is 9.91. The highest BCUT2D eigenvalue weighted by Gasteiger charge is 2.38. The minimum Gasteiger partial charge on any atom is -0.482 e. The van der Waals surface area contributed by atoms with Crippen molar-refractivity contribution in [3.8, 4) is 0 Å². The van der Waals surface area contributed by atoms with Crippen LogP contribution in [0, 0.1) is 5.82 Å². The van der Waals surface area contributed by atoms with Crippen molar-refractivity contribution in [2.45, 2.75) is 44.9 Å². The molecule has 0 radical (unpaired) electrons. The van der Waals surface area contributed by atoms with E-state index in [-0.39, 0.29) is 18.6 Å². The average molecular weight is 500 g/mol. The SMILES string of the molecule is CC1(C)O/C(=C2/C(=O)Nc3ccc(F)cc32)C=C1c1ccc(CNC(CCO)Cc2ccncc2)cc1. The van der Waals surface area contributed by atoms with E-state index in [1.165, 1.54) is 17.7 Å². The monoisotopic (exact) mass is 499 g/mol. The maximum atomic E-state index is 13.9. The third-order valence-corrected chi connectivity index (χ3v) is 6.83. The van der Waals surface area contributed by atoms with Crippen LogP contribution >= 0.6 is 0 Å². The molecule has 0 saturated heterocycles. The lowest BCUT2D eigenvalue weighted by Crippen LogP contribution is -2.31. The lowest BCUT2D eigenvalue weighted by Gasteiger charge is -2.24. The fourth-order valence-corrected chi connectivity index (χ4v) is 4.90. The molecule has 1 amide bonds. The predicted molar refractivity (Wildman–Crippen MR) is 142 cm³/mol. The predicted octanol–water partition coefficient (Wildman–Crippen LogP) is 4.86. The van der Waals surface area contributed by atoms with Crippen LogP contribution in [-0.4, -0.2) is 34.2 Å². The van der Waals surface area contributed by atoms with Gasteiger partial charge < -0.3 is 20.5 Å². The molecule has 37 heavy (non-hydrogen) atoms. The number of fused-ring (bicyclic) bond motifs is 1. The van der Waals surface area contributed by atoms with E-state index in [4.69, 9.17) is 4.74 Å². The second kappa shape index (κ2) is 10.3. The molecule has 0 aliphatic carbocycles. The number of aliphatic hydroxyl groups excluding tert-OH is 1. The molecule has 190 valence electrons. The van der Waals surface area contributed by atoms with Crippen molar-refractivity contribution in [2.24, 2.45) is 0 Å². The molecule has 1 atom stereocenters. The van der Waals surface area contributed by atoms with Gasteiger partial charge in [-0.05, 0) is 79.8 Å². The van der Waals surface area contributed by atoms with E-state index in [1.54, 1.807) is 18.5 Å². The van der Waals surface area contributed by atoms with E-state index in [0.717, 1.165) is 23.1 Å². The van der Waals surface area contributed by atoms with Gasteiger partial charge in [-0.1, -0.05) is 24.3 Å². The summed E-state index contributed by atoms with van der Waals surface area (Å²) in [6.45, 7) is 4.71. The number of allylic oxidation sites excluding steroid dienone is 1. The van der Waals surface area contributed by atoms with Crippen LogP contribution in [0.3, 0.4) is 0 Å². The maximum absolute atomic E-state index is 13.9. The number of nitrogens with one attached hydrogen (secondary N) is 2. The average Bonchev–Trinajstić information content (AvgIpc) is 3.37. The molecule has 3 aromatic rings. The summed E-state index contributed by atoms with van der Waals surface area (Å²) < 4.78 is 20.1. The Hall–Kier alpha value is -3.81. The van der Waals surface area contributed by atoms with Gasteiger partial charge in [-0.25, -0.2) is 4.39 Å². The van der Waals surface area contributed by atoms with Gasteiger partial charge in [0.15, 0.2) is 0 Å². The second-order valence-corrected chi connectivity index (χ2v) is 9.90. The molecule has 1 unspecified atom stereocenters. The second-order valence-electron chi connectivity index (χ2n) is 9.90. The van der Waals surface area contributed by atoms with Gasteiger partial charge in [0.2, 0.25) is 0 Å². The summed E-state index contributed by atoms with van der Waals surface area (Å²) in [5.74, 6) is -0.258. The molecule has 0 bridgehead atoms. The van der Waals surface area contributed by atoms with Crippen molar-refractivity contribution >= 4 is 22.7 Å². The number of hydrogen-bond acceptors (Lipinski definition) is 5. The molecule has 3 heterocycles. The molecule has 2 aliphatic heterocycles. The highest BCUT2D eigenvalue weighted by atomic mass is 19.1. The van der Waals surface area contributed by atoms with Crippen LogP contribution in [0.4, 0.5) is 10.1 Å². The van der Waals surface area contributed by atoms with Gasteiger partial charge in [-0.15, -0.1) is 0 Å². The molecular weight excluding hydrogens is 469 g/mol. The van der Waals surface area contributed by atoms with E-state index >= 15 is 0 Å². The number of rotatable bonds is 8. The van der Waals surface area contributed by atoms with E-state index < -0.39 is 11.4 Å². The van der Waals surface area contributed by atoms with Crippen molar-refractivity contribution in [3.63, 3.8) is 0 Å². The number of amides is 1. The first-order chi connectivity index (χ1) is 17.8. The van der Waals surface area contributed by atoms with Gasteiger partial charge in [-0.2, -0.15) is 0 Å². The molecular formula is C30H30FN3O3. The van der Waals surface area contributed by atoms with E-state index in [9.17, 15) is 14.3 Å². The Morgan fingerprint density at radius 3 is 2.57 bits per heavy atom. The molecule has 1 aromatic heterocycles. The van der Waals surface area contributed by atoms with E-state index in [2.05, 4.69) is 27.8 Å². The Morgan fingerprint density at radius 1 is 1.08 bits per heavy atom. The van der Waals surface area contributed by atoms with Crippen molar-refractivity contribution < 1.29 is 19.0 Å². The lowest BCUT2D eigenvalue weighted by molar-refractivity contribution is -0.111. The minimum atomic E-state index is -0.658. The van der Waals surface area contributed by atoms with Crippen LogP contribution in [0.15, 0.2) is 78.8 Å². The summed E-state index contributed by atoms with van der Waals surface area (Å²) in [6, 6.07) is 16.6. The van der Waals surface area contributed by atoms with Crippen LogP contribution in [0.1, 0.15) is 42.5 Å². The molecule has 3 N–H and O–H groups in total. The van der Waals surface area contributed by atoms with Crippen LogP contribution < -0.4 is 10.6 Å². The Kier molecular flexibility index (Phi) is 6.91. The number of aromatic nitrogens is 1. The number of halogens is 1. The third-order valence-electron chi connectivity index (χ3n) is 6.83. The number of pyridine rings is 1. The number of carbonyl (C=O) groups excluding carboxylic acids is 1. The number of nitrogens with zero attached hydrogens (tertiary/aromatic N) is 1. The van der Waals surface area contributed by atoms with Crippen molar-refractivity contribution in [2.75, 3.05) is 11.9 Å². The number of carbonyl (C=O) groups is 1. The zero-order chi connectivity index (χ0) is 26.0. The van der Waals surface area contributed by atoms with E-state index in [1.807, 2.05) is 44.2 Å². The summed E-state index contributed by atoms with van der Waals surface area (Å²) in [6.07, 6.45) is 6.93. The van der Waals surface area contributed by atoms with Gasteiger partial charge in [0, 0.05) is 48.4 Å². The number of benzene rings is 2. The topological polar surface area (TPSA) is 83.5 Å². The highest BCUT2D eigenvalue weighted by Crippen LogP contribution is 2.44. The molecule has 5 rings (SSSR count). The third kappa shape index (κ3) is 5.33. The Balaban J connectivity index is 1.34. The van der Waals surface area contributed by atoms with E-state index in [0.29, 0.717) is 35.5 Å². The maximum Gasteiger partial charge on any atom is 0.260 e. The summed E-state index contributed by atoms with van der Waals surface area (Å²) in [5.41, 5.74) is 5.03. The normalized spacial score (nSPS) is 18.7. The smallest absolute Gasteiger partial charge is 0.260 e. The standard InChI is InChI=1S/C30H30FN3O3/c1-30(2)25(17-27(37-30)28-24-16-22(31)7-8-26(24)34-29(28)36)21-5-3-20(4-6-21)18-33-23(11-14-35)15-19-9-12-32-13-10-19/h3-10,12-13,16-17,23,33,35H,11,14-15,18H2,1-2H3,(H,34,36)/b28-27+. The molecule has 2 aromatic carbocycles. The molecule has 0 fully saturated rings. The minimum absolute atomic E-state index is 0.123. The summed E-state index contributed by atoms with van der Waals surface area (Å²) in [7, 11) is 0. The van der Waals surface area contributed by atoms with Crippen LogP contribution in [0.2, 0.25) is 0 Å². The molecule has 0 saturated carbocycles. The Labute approximate surface area is 215 Å². The quantitative estimate of drug-likeness (QED) is 0.386. The zero-order valence-corrected chi connectivity index (χ0v) is 20.9. The molecule has 2 aliphatic rings. The van der Waals surface area contributed by atoms with Crippen molar-refractivity contribution in [3.05, 3.63) is 107 Å². The first-order valence-electron chi connectivity index (χ1n) is 12.4. The van der Waals surface area contributed by atoms with Gasteiger partial charge >= 0.3 is 0 Å². The van der Waals surface area contributed by atoms with Crippen molar-refractivity contribution in [1.29, 1.82) is 0 Å². The molecule has 6 nitrogen and oxygen atoms in total. The van der Waals surface area contributed by atoms with Crippen LogP contribution in [0.25, 0.3) is 11.1 Å². The molecule has 7 heteroatoms. The number of ether oxygens (including phenoxy) is 1.